The molecule has 1 aromatic heterocycles. The average Bonchev–Trinajstić information content (AvgIpc) is 2.77. The lowest BCUT2D eigenvalue weighted by molar-refractivity contribution is 0.0828. The first-order valence-electron chi connectivity index (χ1n) is 10.1. The molecule has 3 rings (SSSR count). The van der Waals surface area contributed by atoms with Crippen molar-refractivity contribution in [2.24, 2.45) is 0 Å². The number of methoxy groups -OCH3 is 1. The van der Waals surface area contributed by atoms with Crippen molar-refractivity contribution >= 4 is 17.4 Å². The number of carbonyl (C=O) groups excluding carboxylic acids is 1. The molecule has 1 aliphatic heterocycles. The van der Waals surface area contributed by atoms with Crippen LogP contribution in [0.4, 0.5) is 11.5 Å². The molecule has 0 aliphatic carbocycles. The molecule has 0 radical (unpaired) electrons. The summed E-state index contributed by atoms with van der Waals surface area (Å²) >= 11 is 0. The smallest absolute Gasteiger partial charge is 0.257 e. The van der Waals surface area contributed by atoms with E-state index in [2.05, 4.69) is 32.2 Å². The third-order valence-electron chi connectivity index (χ3n) is 5.18. The predicted molar refractivity (Wildman–Crippen MR) is 117 cm³/mol. The molecule has 0 bridgehead atoms. The van der Waals surface area contributed by atoms with Crippen molar-refractivity contribution in [2.45, 2.75) is 6.42 Å². The van der Waals surface area contributed by atoms with E-state index in [0.717, 1.165) is 51.4 Å². The number of aromatic nitrogens is 1. The van der Waals surface area contributed by atoms with Crippen molar-refractivity contribution in [2.75, 3.05) is 70.7 Å². The molecule has 7 heteroatoms. The molecule has 0 atom stereocenters. The number of carbonyl (C=O) groups is 1. The van der Waals surface area contributed by atoms with Crippen LogP contribution in [0, 0.1) is 0 Å². The molecule has 1 aliphatic rings. The number of anilines is 2. The van der Waals surface area contributed by atoms with Gasteiger partial charge < -0.3 is 19.9 Å². The Labute approximate surface area is 173 Å². The van der Waals surface area contributed by atoms with Crippen molar-refractivity contribution < 1.29 is 9.53 Å². The Morgan fingerprint density at radius 3 is 2.69 bits per heavy atom. The number of hydrogen-bond acceptors (Lipinski definition) is 6. The maximum Gasteiger partial charge on any atom is 0.257 e. The Hall–Kier alpha value is -2.80. The van der Waals surface area contributed by atoms with Gasteiger partial charge >= 0.3 is 0 Å². The molecule has 0 saturated carbocycles. The maximum atomic E-state index is 12.3. The molecule has 1 saturated heterocycles. The van der Waals surface area contributed by atoms with Crippen LogP contribution in [0.3, 0.4) is 0 Å². The van der Waals surface area contributed by atoms with Crippen LogP contribution in [-0.2, 0) is 0 Å². The summed E-state index contributed by atoms with van der Waals surface area (Å²) in [6, 6.07) is 11.9. The monoisotopic (exact) mass is 397 g/mol. The van der Waals surface area contributed by atoms with Crippen molar-refractivity contribution in [1.82, 2.24) is 14.8 Å². The summed E-state index contributed by atoms with van der Waals surface area (Å²) in [6.45, 7) is 5.95. The van der Waals surface area contributed by atoms with Gasteiger partial charge in [-0.3, -0.25) is 9.69 Å². The molecule has 2 aromatic rings. The Balaban J connectivity index is 1.42. The third-order valence-corrected chi connectivity index (χ3v) is 5.18. The average molecular weight is 398 g/mol. The van der Waals surface area contributed by atoms with E-state index in [9.17, 15) is 4.79 Å². The largest absolute Gasteiger partial charge is 0.497 e. The van der Waals surface area contributed by atoms with Crippen molar-refractivity contribution in [1.29, 1.82) is 0 Å². The number of amides is 1. The minimum absolute atomic E-state index is 0.0331. The molecule has 7 nitrogen and oxygen atoms in total. The van der Waals surface area contributed by atoms with Crippen molar-refractivity contribution in [3.63, 3.8) is 0 Å². The quantitative estimate of drug-likeness (QED) is 0.691. The Morgan fingerprint density at radius 2 is 1.97 bits per heavy atom. The van der Waals surface area contributed by atoms with Crippen LogP contribution in [0.25, 0.3) is 0 Å². The van der Waals surface area contributed by atoms with Gasteiger partial charge in [-0.05, 0) is 37.2 Å². The zero-order chi connectivity index (χ0) is 20.6. The fourth-order valence-electron chi connectivity index (χ4n) is 3.51. The molecule has 1 aromatic carbocycles. The Morgan fingerprint density at radius 1 is 1.17 bits per heavy atom. The van der Waals surface area contributed by atoms with Crippen LogP contribution in [0.1, 0.15) is 16.8 Å². The highest BCUT2D eigenvalue weighted by Crippen LogP contribution is 2.22. The lowest BCUT2D eigenvalue weighted by atomic mass is 10.2. The zero-order valence-electron chi connectivity index (χ0n) is 17.6. The first-order chi connectivity index (χ1) is 14.1. The normalized spacial score (nSPS) is 14.5. The van der Waals surface area contributed by atoms with E-state index in [0.29, 0.717) is 11.4 Å². The van der Waals surface area contributed by atoms with Crippen LogP contribution in [0.5, 0.6) is 5.75 Å². The molecule has 0 spiro atoms. The minimum Gasteiger partial charge on any atom is -0.497 e. The van der Waals surface area contributed by atoms with Crippen LogP contribution in [0.15, 0.2) is 42.6 Å². The van der Waals surface area contributed by atoms with Crippen molar-refractivity contribution in [3.8, 4) is 5.75 Å². The van der Waals surface area contributed by atoms with Gasteiger partial charge in [0.05, 0.1) is 12.7 Å². The van der Waals surface area contributed by atoms with E-state index >= 15 is 0 Å². The zero-order valence-corrected chi connectivity index (χ0v) is 17.6. The van der Waals surface area contributed by atoms with Gasteiger partial charge in [-0.25, -0.2) is 4.98 Å². The second kappa shape index (κ2) is 10.1. The number of benzene rings is 1. The number of rotatable bonds is 8. The lowest BCUT2D eigenvalue weighted by Crippen LogP contribution is -2.46. The van der Waals surface area contributed by atoms with Gasteiger partial charge in [-0.15, -0.1) is 0 Å². The number of nitrogens with zero attached hydrogens (tertiary/aromatic N) is 4. The number of hydrogen-bond donors (Lipinski definition) is 1. The fraction of sp³-hybridized carbons (Fsp3) is 0.455. The second-order valence-electron chi connectivity index (χ2n) is 7.41. The van der Waals surface area contributed by atoms with E-state index in [1.807, 2.05) is 18.2 Å². The Kier molecular flexibility index (Phi) is 7.30. The summed E-state index contributed by atoms with van der Waals surface area (Å²) in [5.74, 6) is 1.53. The SMILES string of the molecule is COc1cccc(N2CCN(CCCNc3ncccc3C(=O)N(C)C)CC2)c1. The number of piperazine rings is 1. The van der Waals surface area contributed by atoms with E-state index in [1.54, 1.807) is 38.4 Å². The second-order valence-corrected chi connectivity index (χ2v) is 7.41. The highest BCUT2D eigenvalue weighted by Gasteiger charge is 2.17. The summed E-state index contributed by atoms with van der Waals surface area (Å²) in [6.07, 6.45) is 2.72. The first kappa shape index (κ1) is 20.9. The molecular formula is C22H31N5O2. The molecule has 156 valence electrons. The van der Waals surface area contributed by atoms with E-state index in [-0.39, 0.29) is 5.91 Å². The van der Waals surface area contributed by atoms with Gasteiger partial charge in [0.15, 0.2) is 0 Å². The van der Waals surface area contributed by atoms with Gasteiger partial charge in [-0.2, -0.15) is 0 Å². The minimum atomic E-state index is -0.0331. The van der Waals surface area contributed by atoms with Gasteiger partial charge in [0.25, 0.3) is 5.91 Å². The molecule has 1 amide bonds. The Bertz CT molecular complexity index is 803. The van der Waals surface area contributed by atoms with Crippen LogP contribution >= 0.6 is 0 Å². The summed E-state index contributed by atoms with van der Waals surface area (Å²) in [7, 11) is 5.21. The van der Waals surface area contributed by atoms with Gasteiger partial charge in [-0.1, -0.05) is 6.07 Å². The summed E-state index contributed by atoms with van der Waals surface area (Å²) in [5.41, 5.74) is 1.84. The van der Waals surface area contributed by atoms with Gasteiger partial charge in [0.1, 0.15) is 11.6 Å². The highest BCUT2D eigenvalue weighted by molar-refractivity contribution is 5.98. The molecular weight excluding hydrogens is 366 g/mol. The summed E-state index contributed by atoms with van der Waals surface area (Å²) in [4.78, 5) is 23.1. The summed E-state index contributed by atoms with van der Waals surface area (Å²) < 4.78 is 5.33. The van der Waals surface area contributed by atoms with Crippen LogP contribution in [0.2, 0.25) is 0 Å². The summed E-state index contributed by atoms with van der Waals surface area (Å²) in [5, 5.41) is 3.33. The standard InChI is InChI=1S/C22H31N5O2/c1-25(2)22(28)20-9-5-10-23-21(20)24-11-6-12-26-13-15-27(16-14-26)18-7-4-8-19(17-18)29-3/h4-5,7-10,17H,6,11-16H2,1-3H3,(H,23,24). The number of ether oxygens (including phenoxy) is 1. The number of pyridine rings is 1. The van der Waals surface area contributed by atoms with Crippen molar-refractivity contribution in [3.05, 3.63) is 48.2 Å². The van der Waals surface area contributed by atoms with Crippen LogP contribution < -0.4 is 15.0 Å². The molecule has 29 heavy (non-hydrogen) atoms. The topological polar surface area (TPSA) is 60.9 Å². The predicted octanol–water partition coefficient (Wildman–Crippen LogP) is 2.42. The van der Waals surface area contributed by atoms with Gasteiger partial charge in [0.2, 0.25) is 0 Å². The fourth-order valence-corrected chi connectivity index (χ4v) is 3.51. The third kappa shape index (κ3) is 5.60. The lowest BCUT2D eigenvalue weighted by Gasteiger charge is -2.36. The highest BCUT2D eigenvalue weighted by atomic mass is 16.5. The number of nitrogens with one attached hydrogen (secondary N) is 1. The van der Waals surface area contributed by atoms with E-state index < -0.39 is 0 Å². The first-order valence-corrected chi connectivity index (χ1v) is 10.1. The maximum absolute atomic E-state index is 12.3. The van der Waals surface area contributed by atoms with Gasteiger partial charge in [0, 0.05) is 64.8 Å². The van der Waals surface area contributed by atoms with E-state index in [1.165, 1.54) is 5.69 Å². The van der Waals surface area contributed by atoms with E-state index in [4.69, 9.17) is 4.74 Å². The van der Waals surface area contributed by atoms with Crippen LogP contribution in [-0.4, -0.2) is 81.2 Å². The molecule has 1 N–H and O–H groups in total. The molecule has 0 unspecified atom stereocenters. The molecule has 2 heterocycles. The molecule has 1 fully saturated rings.